The number of Topliss-reactive ketones (excluding diaryl/α,β-unsaturated/α-hetero) is 1. The molecule has 1 rings (SSSR count). The summed E-state index contributed by atoms with van der Waals surface area (Å²) in [7, 11) is 0. The van der Waals surface area contributed by atoms with E-state index in [0.29, 0.717) is 6.54 Å². The Morgan fingerprint density at radius 3 is 2.57 bits per heavy atom. The van der Waals surface area contributed by atoms with Crippen LogP contribution in [-0.2, 0) is 9.53 Å². The highest BCUT2D eigenvalue weighted by molar-refractivity contribution is 5.87. The van der Waals surface area contributed by atoms with Crippen molar-refractivity contribution in [2.75, 3.05) is 13.1 Å². The van der Waals surface area contributed by atoms with Crippen molar-refractivity contribution in [3.05, 3.63) is 0 Å². The van der Waals surface area contributed by atoms with E-state index >= 15 is 0 Å². The van der Waals surface area contributed by atoms with Gasteiger partial charge in [0.2, 0.25) is 6.41 Å². The molecule has 0 saturated carbocycles. The molecule has 0 aromatic carbocycles. The van der Waals surface area contributed by atoms with Crippen LogP contribution in [0, 0.1) is 0 Å². The summed E-state index contributed by atoms with van der Waals surface area (Å²) in [6.07, 6.45) is -1.05. The summed E-state index contributed by atoms with van der Waals surface area (Å²) in [6.45, 7) is 6.05. The number of ether oxygens (including phenoxy) is 1. The van der Waals surface area contributed by atoms with E-state index in [2.05, 4.69) is 0 Å². The summed E-state index contributed by atoms with van der Waals surface area (Å²) in [5.41, 5.74) is 5.08. The highest BCUT2D eigenvalue weighted by Gasteiger charge is 2.33. The van der Waals surface area contributed by atoms with Crippen LogP contribution in [0.2, 0.25) is 0 Å². The lowest BCUT2D eigenvalue weighted by molar-refractivity contribution is -0.233. The van der Waals surface area contributed by atoms with Crippen molar-refractivity contribution in [2.45, 2.75) is 38.8 Å². The molecule has 0 amide bonds. The molecular weight excluding hydrogens is 184 g/mol. The number of nitrogens with two attached hydrogens (primary N) is 1. The first kappa shape index (κ1) is 11.6. The number of aliphatic hydroxyl groups excluding tert-OH is 1. The summed E-state index contributed by atoms with van der Waals surface area (Å²) >= 11 is 0. The highest BCUT2D eigenvalue weighted by atomic mass is 16.6. The van der Waals surface area contributed by atoms with E-state index < -0.39 is 18.1 Å². The van der Waals surface area contributed by atoms with Gasteiger partial charge in [-0.05, 0) is 20.8 Å². The fraction of sp³-hybridized carbons (Fsp3) is 0.889. The number of carbonyl (C=O) groups is 1. The summed E-state index contributed by atoms with van der Waals surface area (Å²) < 4.78 is 5.29. The average Bonchev–Trinajstić information content (AvgIpc) is 2.28. The molecule has 0 aromatic rings. The smallest absolute Gasteiger partial charge is 0.217 e. The zero-order valence-corrected chi connectivity index (χ0v) is 8.86. The Labute approximate surface area is 83.8 Å². The molecule has 1 fully saturated rings. The van der Waals surface area contributed by atoms with Gasteiger partial charge in [0.25, 0.3) is 0 Å². The first-order valence-corrected chi connectivity index (χ1v) is 4.68. The maximum Gasteiger partial charge on any atom is 0.217 e. The van der Waals surface area contributed by atoms with Crippen LogP contribution in [0.5, 0.6) is 0 Å². The lowest BCUT2D eigenvalue weighted by Gasteiger charge is -2.29. The Morgan fingerprint density at radius 2 is 2.21 bits per heavy atom. The molecule has 0 radical (unpaired) electrons. The fourth-order valence-electron chi connectivity index (χ4n) is 1.30. The monoisotopic (exact) mass is 202 g/mol. The Balaban J connectivity index is 2.47. The second-order valence-electron chi connectivity index (χ2n) is 4.56. The van der Waals surface area contributed by atoms with E-state index in [9.17, 15) is 9.90 Å². The third-order valence-electron chi connectivity index (χ3n) is 1.98. The van der Waals surface area contributed by atoms with Gasteiger partial charge in [0.15, 0.2) is 5.78 Å². The van der Waals surface area contributed by atoms with E-state index in [4.69, 9.17) is 10.5 Å². The normalized spacial score (nSPS) is 26.9. The van der Waals surface area contributed by atoms with Gasteiger partial charge < -0.3 is 15.6 Å². The van der Waals surface area contributed by atoms with Gasteiger partial charge in [-0.2, -0.15) is 0 Å². The molecule has 3 N–H and O–H groups in total. The van der Waals surface area contributed by atoms with Crippen molar-refractivity contribution < 1.29 is 14.6 Å². The topological polar surface area (TPSA) is 75.8 Å². The Kier molecular flexibility index (Phi) is 3.26. The van der Waals surface area contributed by atoms with E-state index in [-0.39, 0.29) is 12.3 Å². The average molecular weight is 202 g/mol. The quantitative estimate of drug-likeness (QED) is 0.578. The predicted molar refractivity (Wildman–Crippen MR) is 51.4 cm³/mol. The van der Waals surface area contributed by atoms with Gasteiger partial charge in [-0.1, -0.05) is 0 Å². The molecule has 0 bridgehead atoms. The molecule has 1 saturated heterocycles. The van der Waals surface area contributed by atoms with Crippen molar-refractivity contribution in [3.63, 3.8) is 0 Å². The molecule has 2 unspecified atom stereocenters. The number of hydrogen-bond donors (Lipinski definition) is 2. The molecule has 1 aliphatic rings. The van der Waals surface area contributed by atoms with Gasteiger partial charge in [-0.3, -0.25) is 4.79 Å². The molecule has 1 aliphatic heterocycles. The first-order chi connectivity index (χ1) is 6.29. The second kappa shape index (κ2) is 3.94. The van der Waals surface area contributed by atoms with Crippen LogP contribution in [0.4, 0.5) is 0 Å². The Morgan fingerprint density at radius 1 is 1.64 bits per heavy atom. The molecule has 0 aliphatic carbocycles. The van der Waals surface area contributed by atoms with E-state index in [1.54, 1.807) is 0 Å². The van der Waals surface area contributed by atoms with Gasteiger partial charge in [0.05, 0.1) is 18.2 Å². The number of hydrogen-bond acceptors (Lipinski definition) is 5. The van der Waals surface area contributed by atoms with Crippen LogP contribution in [0.1, 0.15) is 20.8 Å². The Bertz CT molecular complexity index is 225. The van der Waals surface area contributed by atoms with Crippen LogP contribution in [0.25, 0.3) is 0 Å². The van der Waals surface area contributed by atoms with Crippen molar-refractivity contribution in [1.29, 1.82) is 0 Å². The van der Waals surface area contributed by atoms with Crippen LogP contribution >= 0.6 is 0 Å². The molecule has 5 heteroatoms. The predicted octanol–water partition coefficient (Wildman–Crippen LogP) is -0.711. The number of ketones is 1. The summed E-state index contributed by atoms with van der Waals surface area (Å²) in [5, 5.41) is 9.62. The molecular formula is C9H18N2O3. The number of nitrogens with zero attached hydrogens (tertiary/aromatic N) is 1. The molecule has 0 spiro atoms. The maximum absolute atomic E-state index is 11.1. The highest BCUT2D eigenvalue weighted by Crippen LogP contribution is 2.15. The van der Waals surface area contributed by atoms with Crippen molar-refractivity contribution >= 4 is 5.78 Å². The van der Waals surface area contributed by atoms with E-state index in [1.165, 1.54) is 4.90 Å². The first-order valence-electron chi connectivity index (χ1n) is 4.68. The van der Waals surface area contributed by atoms with Crippen molar-refractivity contribution in [3.8, 4) is 0 Å². The standard InChI is InChI=1S/C9H18N2O3/c1-9(2,3)14-8(13)11-4-6(10)7(12)5-11/h6,8,13H,4-5,10H2,1-3H3. The van der Waals surface area contributed by atoms with Gasteiger partial charge in [-0.25, -0.2) is 4.90 Å². The molecule has 1 heterocycles. The van der Waals surface area contributed by atoms with E-state index in [1.807, 2.05) is 20.8 Å². The summed E-state index contributed by atoms with van der Waals surface area (Å²) in [5.74, 6) is -0.0541. The number of carbonyl (C=O) groups excluding carboxylic acids is 1. The van der Waals surface area contributed by atoms with Gasteiger partial charge >= 0.3 is 0 Å². The second-order valence-corrected chi connectivity index (χ2v) is 4.56. The Hall–Kier alpha value is -0.490. The molecule has 2 atom stereocenters. The SMILES string of the molecule is CC(C)(C)OC(O)N1CC(=O)C(N)C1. The van der Waals surface area contributed by atoms with Crippen LogP contribution in [0.15, 0.2) is 0 Å². The minimum absolute atomic E-state index is 0.0541. The summed E-state index contributed by atoms with van der Waals surface area (Å²) in [6, 6.07) is -0.492. The minimum atomic E-state index is -1.05. The molecule has 14 heavy (non-hydrogen) atoms. The van der Waals surface area contributed by atoms with Crippen molar-refractivity contribution in [1.82, 2.24) is 4.90 Å². The largest absolute Gasteiger partial charge is 0.356 e. The molecule has 0 aromatic heterocycles. The van der Waals surface area contributed by atoms with Gasteiger partial charge in [0.1, 0.15) is 0 Å². The van der Waals surface area contributed by atoms with Crippen LogP contribution < -0.4 is 5.73 Å². The lowest BCUT2D eigenvalue weighted by atomic mass is 10.2. The lowest BCUT2D eigenvalue weighted by Crippen LogP contribution is -2.41. The third kappa shape index (κ3) is 3.02. The maximum atomic E-state index is 11.1. The fourth-order valence-corrected chi connectivity index (χ4v) is 1.30. The van der Waals surface area contributed by atoms with Crippen molar-refractivity contribution in [2.24, 2.45) is 5.73 Å². The number of aliphatic hydroxyl groups is 1. The van der Waals surface area contributed by atoms with Crippen LogP contribution in [0.3, 0.4) is 0 Å². The summed E-state index contributed by atoms with van der Waals surface area (Å²) in [4.78, 5) is 12.6. The number of likely N-dealkylation sites (tertiary alicyclic amines) is 1. The molecule has 82 valence electrons. The minimum Gasteiger partial charge on any atom is -0.356 e. The van der Waals surface area contributed by atoms with Gasteiger partial charge in [0, 0.05) is 6.54 Å². The van der Waals surface area contributed by atoms with Gasteiger partial charge in [-0.15, -0.1) is 0 Å². The zero-order valence-electron chi connectivity index (χ0n) is 8.86. The third-order valence-corrected chi connectivity index (χ3v) is 1.98. The van der Waals surface area contributed by atoms with E-state index in [0.717, 1.165) is 0 Å². The number of rotatable bonds is 2. The zero-order chi connectivity index (χ0) is 10.9. The van der Waals surface area contributed by atoms with Crippen LogP contribution in [-0.4, -0.2) is 46.9 Å². The molecule has 5 nitrogen and oxygen atoms in total.